The number of hydrogen-bond donors (Lipinski definition) is 1. The Morgan fingerprint density at radius 1 is 1.39 bits per heavy atom. The molecule has 1 aliphatic rings. The third-order valence-electron chi connectivity index (χ3n) is 2.67. The third kappa shape index (κ3) is 2.38. The van der Waals surface area contributed by atoms with Crippen LogP contribution >= 0.6 is 11.6 Å². The molecule has 3 nitrogen and oxygen atoms in total. The highest BCUT2D eigenvalue weighted by Gasteiger charge is 2.35. The second-order valence-corrected chi connectivity index (χ2v) is 4.62. The molecule has 7 heteroatoms. The Bertz CT molecular complexity index is 490. The van der Waals surface area contributed by atoms with Gasteiger partial charge in [0.05, 0.1) is 16.6 Å². The summed E-state index contributed by atoms with van der Waals surface area (Å²) in [4.78, 5) is 12.6. The highest BCUT2D eigenvalue weighted by molar-refractivity contribution is 6.24. The van der Waals surface area contributed by atoms with Crippen LogP contribution in [0.25, 0.3) is 0 Å². The standard InChI is InChI=1S/C11H9ClF3NO2/c12-7-4-10(18)16(5-7)8-3-6(11(13,14)15)1-2-9(8)17/h1-3,7,17H,4-5H2. The van der Waals surface area contributed by atoms with Gasteiger partial charge in [0.15, 0.2) is 0 Å². The molecule has 0 bridgehead atoms. The van der Waals surface area contributed by atoms with Crippen LogP contribution in [-0.2, 0) is 11.0 Å². The maximum absolute atomic E-state index is 12.5. The van der Waals surface area contributed by atoms with E-state index >= 15 is 0 Å². The predicted molar refractivity (Wildman–Crippen MR) is 59.7 cm³/mol. The molecule has 1 aromatic rings. The zero-order chi connectivity index (χ0) is 13.5. The first-order valence-corrected chi connectivity index (χ1v) is 5.57. The van der Waals surface area contributed by atoms with Gasteiger partial charge in [-0.3, -0.25) is 4.79 Å². The van der Waals surface area contributed by atoms with E-state index in [1.54, 1.807) is 0 Å². The third-order valence-corrected chi connectivity index (χ3v) is 2.96. The first-order valence-electron chi connectivity index (χ1n) is 5.13. The van der Waals surface area contributed by atoms with E-state index in [1.165, 1.54) is 0 Å². The summed E-state index contributed by atoms with van der Waals surface area (Å²) in [5, 5.41) is 9.11. The zero-order valence-electron chi connectivity index (χ0n) is 9.04. The summed E-state index contributed by atoms with van der Waals surface area (Å²) < 4.78 is 37.6. The minimum absolute atomic E-state index is 0.0528. The molecule has 98 valence electrons. The molecule has 2 rings (SSSR count). The molecular weight excluding hydrogens is 271 g/mol. The van der Waals surface area contributed by atoms with Crippen molar-refractivity contribution in [2.75, 3.05) is 11.4 Å². The number of amides is 1. The molecule has 18 heavy (non-hydrogen) atoms. The van der Waals surface area contributed by atoms with Crippen molar-refractivity contribution in [1.82, 2.24) is 0 Å². The number of carbonyl (C=O) groups excluding carboxylic acids is 1. The number of phenolic OH excluding ortho intramolecular Hbond substituents is 1. The molecule has 1 saturated heterocycles. The van der Waals surface area contributed by atoms with Gasteiger partial charge in [-0.25, -0.2) is 0 Å². The number of rotatable bonds is 1. The van der Waals surface area contributed by atoms with Crippen molar-refractivity contribution in [2.24, 2.45) is 0 Å². The maximum Gasteiger partial charge on any atom is 0.416 e. The first-order chi connectivity index (χ1) is 8.29. The number of benzene rings is 1. The van der Waals surface area contributed by atoms with E-state index in [9.17, 15) is 23.1 Å². The Labute approximate surface area is 106 Å². The molecule has 0 saturated carbocycles. The lowest BCUT2D eigenvalue weighted by atomic mass is 10.1. The van der Waals surface area contributed by atoms with Crippen LogP contribution < -0.4 is 4.90 Å². The van der Waals surface area contributed by atoms with Crippen molar-refractivity contribution in [3.8, 4) is 5.75 Å². The van der Waals surface area contributed by atoms with Crippen LogP contribution in [0.3, 0.4) is 0 Å². The van der Waals surface area contributed by atoms with Crippen molar-refractivity contribution < 1.29 is 23.1 Å². The van der Waals surface area contributed by atoms with Crippen LogP contribution in [0, 0.1) is 0 Å². The molecule has 0 radical (unpaired) electrons. The summed E-state index contributed by atoms with van der Waals surface area (Å²) in [5.74, 6) is -0.772. The number of phenols is 1. The van der Waals surface area contributed by atoms with Crippen LogP contribution in [0.4, 0.5) is 18.9 Å². The molecule has 1 fully saturated rings. The SMILES string of the molecule is O=C1CC(Cl)CN1c1cc(C(F)(F)F)ccc1O. The first kappa shape index (κ1) is 13.0. The lowest BCUT2D eigenvalue weighted by Gasteiger charge is -2.19. The topological polar surface area (TPSA) is 40.5 Å². The highest BCUT2D eigenvalue weighted by Crippen LogP contribution is 2.37. The Hall–Kier alpha value is -1.43. The predicted octanol–water partition coefficient (Wildman–Crippen LogP) is 2.76. The number of hydrogen-bond acceptors (Lipinski definition) is 2. The lowest BCUT2D eigenvalue weighted by Crippen LogP contribution is -2.25. The van der Waals surface area contributed by atoms with Crippen molar-refractivity contribution >= 4 is 23.2 Å². The summed E-state index contributed by atoms with van der Waals surface area (Å²) in [6.45, 7) is 0.0925. The van der Waals surface area contributed by atoms with Gasteiger partial charge in [0, 0.05) is 13.0 Å². The van der Waals surface area contributed by atoms with Gasteiger partial charge in [0.25, 0.3) is 0 Å². The summed E-state index contributed by atoms with van der Waals surface area (Å²) in [6, 6.07) is 2.44. The van der Waals surface area contributed by atoms with Gasteiger partial charge in [0.2, 0.25) is 5.91 Å². The van der Waals surface area contributed by atoms with Gasteiger partial charge in [-0.1, -0.05) is 0 Å². The molecule has 0 aliphatic carbocycles. The fraction of sp³-hybridized carbons (Fsp3) is 0.364. The largest absolute Gasteiger partial charge is 0.506 e. The van der Waals surface area contributed by atoms with E-state index in [2.05, 4.69) is 0 Å². The van der Waals surface area contributed by atoms with E-state index in [4.69, 9.17) is 11.6 Å². The average Bonchev–Trinajstić information content (AvgIpc) is 2.56. The highest BCUT2D eigenvalue weighted by atomic mass is 35.5. The van der Waals surface area contributed by atoms with Gasteiger partial charge >= 0.3 is 6.18 Å². The molecule has 0 aromatic heterocycles. The fourth-order valence-corrected chi connectivity index (χ4v) is 2.08. The summed E-state index contributed by atoms with van der Waals surface area (Å²) in [6.07, 6.45) is -4.47. The van der Waals surface area contributed by atoms with E-state index in [1.807, 2.05) is 0 Å². The number of aromatic hydroxyl groups is 1. The van der Waals surface area contributed by atoms with Gasteiger partial charge in [-0.05, 0) is 18.2 Å². The number of carbonyl (C=O) groups is 1. The van der Waals surface area contributed by atoms with E-state index < -0.39 is 23.0 Å². The molecule has 1 aromatic carbocycles. The molecule has 1 amide bonds. The number of alkyl halides is 4. The number of anilines is 1. The van der Waals surface area contributed by atoms with Gasteiger partial charge in [-0.15, -0.1) is 11.6 Å². The van der Waals surface area contributed by atoms with E-state index in [0.717, 1.165) is 23.1 Å². The van der Waals surface area contributed by atoms with Crippen LogP contribution in [0.1, 0.15) is 12.0 Å². The van der Waals surface area contributed by atoms with Gasteiger partial charge < -0.3 is 10.0 Å². The zero-order valence-corrected chi connectivity index (χ0v) is 9.79. The molecule has 1 N–H and O–H groups in total. The maximum atomic E-state index is 12.5. The molecule has 1 atom stereocenters. The van der Waals surface area contributed by atoms with Crippen molar-refractivity contribution in [2.45, 2.75) is 18.0 Å². The Balaban J connectivity index is 2.41. The number of nitrogens with zero attached hydrogens (tertiary/aromatic N) is 1. The van der Waals surface area contributed by atoms with Crippen molar-refractivity contribution in [3.05, 3.63) is 23.8 Å². The van der Waals surface area contributed by atoms with Crippen molar-refractivity contribution in [1.29, 1.82) is 0 Å². The smallest absolute Gasteiger partial charge is 0.416 e. The van der Waals surface area contributed by atoms with Crippen molar-refractivity contribution in [3.63, 3.8) is 0 Å². The van der Waals surface area contributed by atoms with Gasteiger partial charge in [0.1, 0.15) is 5.75 Å². The molecule has 1 heterocycles. The lowest BCUT2D eigenvalue weighted by molar-refractivity contribution is -0.137. The normalized spacial score (nSPS) is 20.6. The quantitative estimate of drug-likeness (QED) is 0.803. The van der Waals surface area contributed by atoms with Crippen LogP contribution in [0.2, 0.25) is 0 Å². The molecule has 0 spiro atoms. The second-order valence-electron chi connectivity index (χ2n) is 4.01. The monoisotopic (exact) mass is 279 g/mol. The fourth-order valence-electron chi connectivity index (χ4n) is 1.81. The average molecular weight is 280 g/mol. The van der Waals surface area contributed by atoms with E-state index in [0.29, 0.717) is 0 Å². The van der Waals surface area contributed by atoms with Crippen LogP contribution in [0.15, 0.2) is 18.2 Å². The minimum atomic E-state index is -4.52. The van der Waals surface area contributed by atoms with Crippen LogP contribution in [0.5, 0.6) is 5.75 Å². The summed E-state index contributed by atoms with van der Waals surface area (Å²) in [7, 11) is 0. The number of halogens is 4. The van der Waals surface area contributed by atoms with Crippen LogP contribution in [-0.4, -0.2) is 22.9 Å². The molecule has 1 aliphatic heterocycles. The van der Waals surface area contributed by atoms with E-state index in [-0.39, 0.29) is 24.4 Å². The summed E-state index contributed by atoms with van der Waals surface area (Å²) >= 11 is 5.77. The second kappa shape index (κ2) is 4.35. The summed E-state index contributed by atoms with van der Waals surface area (Å²) in [5.41, 5.74) is -1.07. The Morgan fingerprint density at radius 2 is 2.06 bits per heavy atom. The minimum Gasteiger partial charge on any atom is -0.506 e. The van der Waals surface area contributed by atoms with Gasteiger partial charge in [-0.2, -0.15) is 13.2 Å². The molecule has 1 unspecified atom stereocenters. The molecular formula is C11H9ClF3NO2. The Kier molecular flexibility index (Phi) is 3.14. The Morgan fingerprint density at radius 3 is 2.56 bits per heavy atom.